The fraction of sp³-hybridized carbons (Fsp3) is 0.133. The predicted molar refractivity (Wildman–Crippen MR) is 147 cm³/mol. The lowest BCUT2D eigenvalue weighted by molar-refractivity contribution is 0.0703. The van der Waals surface area contributed by atoms with E-state index in [0.717, 1.165) is 38.6 Å². The van der Waals surface area contributed by atoms with E-state index in [9.17, 15) is 9.59 Å². The van der Waals surface area contributed by atoms with E-state index in [1.807, 2.05) is 36.5 Å². The third-order valence-electron chi connectivity index (χ3n) is 6.58. The van der Waals surface area contributed by atoms with Crippen molar-refractivity contribution in [1.82, 2.24) is 4.57 Å². The topological polar surface area (TPSA) is 79.9 Å². The molecule has 7 nitrogen and oxygen atoms in total. The summed E-state index contributed by atoms with van der Waals surface area (Å²) in [5, 5.41) is 1.73. The number of nitrogens with zero attached hydrogens (tertiary/aromatic N) is 1. The van der Waals surface area contributed by atoms with Crippen molar-refractivity contribution in [1.29, 1.82) is 0 Å². The molecule has 0 fully saturated rings. The molecule has 5 aromatic rings. The molecule has 1 aliphatic rings. The smallest absolute Gasteiger partial charge is 0.379 e. The first-order valence-corrected chi connectivity index (χ1v) is 12.8. The van der Waals surface area contributed by atoms with Gasteiger partial charge in [0.2, 0.25) is 11.5 Å². The van der Waals surface area contributed by atoms with Crippen molar-refractivity contribution in [2.24, 2.45) is 0 Å². The zero-order valence-electron chi connectivity index (χ0n) is 20.8. The summed E-state index contributed by atoms with van der Waals surface area (Å²) in [7, 11) is 1.62. The van der Waals surface area contributed by atoms with Gasteiger partial charge < -0.3 is 23.2 Å². The molecule has 3 aromatic carbocycles. The highest BCUT2D eigenvalue weighted by molar-refractivity contribution is 9.10. The van der Waals surface area contributed by atoms with Gasteiger partial charge in [-0.1, -0.05) is 15.9 Å². The maximum absolute atomic E-state index is 13.3. The quantitative estimate of drug-likeness (QED) is 0.125. The lowest BCUT2D eigenvalue weighted by Gasteiger charge is -2.06. The lowest BCUT2D eigenvalue weighted by atomic mass is 10.0. The van der Waals surface area contributed by atoms with E-state index in [0.29, 0.717) is 22.5 Å². The largest absolute Gasteiger partial charge is 0.497 e. The van der Waals surface area contributed by atoms with Gasteiger partial charge in [-0.3, -0.25) is 4.79 Å². The van der Waals surface area contributed by atoms with Gasteiger partial charge in [-0.2, -0.15) is 0 Å². The van der Waals surface area contributed by atoms with Crippen molar-refractivity contribution in [3.63, 3.8) is 0 Å². The van der Waals surface area contributed by atoms with Crippen molar-refractivity contribution in [2.45, 2.75) is 20.4 Å². The molecule has 2 aromatic heterocycles. The first kappa shape index (κ1) is 24.1. The van der Waals surface area contributed by atoms with Crippen molar-refractivity contribution in [3.05, 3.63) is 93.5 Å². The number of ether oxygens (including phenoxy) is 3. The molecule has 38 heavy (non-hydrogen) atoms. The Bertz CT molecular complexity index is 1810. The molecule has 0 aliphatic carbocycles. The average Bonchev–Trinajstić information content (AvgIpc) is 3.57. The summed E-state index contributed by atoms with van der Waals surface area (Å²) in [4.78, 5) is 26.1. The molecular weight excluding hydrogens is 550 g/mol. The molecule has 0 saturated carbocycles. The van der Waals surface area contributed by atoms with Crippen LogP contribution in [0.2, 0.25) is 0 Å². The molecule has 0 saturated heterocycles. The van der Waals surface area contributed by atoms with Crippen molar-refractivity contribution in [3.8, 4) is 17.2 Å². The van der Waals surface area contributed by atoms with E-state index in [2.05, 4.69) is 27.4 Å². The number of hydrogen-bond acceptors (Lipinski definition) is 6. The van der Waals surface area contributed by atoms with Gasteiger partial charge in [0.15, 0.2) is 5.76 Å². The molecule has 0 radical (unpaired) electrons. The second-order valence-corrected chi connectivity index (χ2v) is 9.90. The summed E-state index contributed by atoms with van der Waals surface area (Å²) < 4.78 is 25.6. The van der Waals surface area contributed by atoms with Gasteiger partial charge in [0.1, 0.15) is 22.8 Å². The third kappa shape index (κ3) is 4.07. The molecule has 0 N–H and O–H groups in total. The number of methoxy groups -OCH3 is 1. The monoisotopic (exact) mass is 571 g/mol. The first-order chi connectivity index (χ1) is 18.3. The minimum absolute atomic E-state index is 0.0802. The molecule has 3 heterocycles. The average molecular weight is 572 g/mol. The highest BCUT2D eigenvalue weighted by Crippen LogP contribution is 2.39. The van der Waals surface area contributed by atoms with E-state index in [4.69, 9.17) is 18.6 Å². The Balaban J connectivity index is 1.31. The van der Waals surface area contributed by atoms with Crippen molar-refractivity contribution < 1.29 is 28.2 Å². The number of aromatic nitrogens is 1. The van der Waals surface area contributed by atoms with Crippen LogP contribution in [0.5, 0.6) is 17.2 Å². The molecule has 0 atom stereocenters. The molecule has 1 aliphatic heterocycles. The van der Waals surface area contributed by atoms with Crippen LogP contribution in [0.3, 0.4) is 0 Å². The molecule has 190 valence electrons. The number of carbonyl (C=O) groups is 2. The SMILES string of the molecule is CCn1cc(/C=C2\Oc3cc(OC(=O)c4cc5cc(Br)ccc5o4)cc(C)c3C2=O)c2cc(OC)ccc21. The highest BCUT2D eigenvalue weighted by atomic mass is 79.9. The number of furan rings is 1. The number of carbonyl (C=O) groups excluding carboxylic acids is 2. The van der Waals surface area contributed by atoms with Crippen molar-refractivity contribution in [2.75, 3.05) is 7.11 Å². The van der Waals surface area contributed by atoms with Gasteiger partial charge in [-0.25, -0.2) is 4.79 Å². The number of aryl methyl sites for hydroxylation is 2. The van der Waals surface area contributed by atoms with Crippen LogP contribution < -0.4 is 14.2 Å². The number of hydrogen-bond donors (Lipinski definition) is 0. The maximum Gasteiger partial charge on any atom is 0.379 e. The van der Waals surface area contributed by atoms with E-state index < -0.39 is 5.97 Å². The molecule has 0 spiro atoms. The van der Waals surface area contributed by atoms with Gasteiger partial charge >= 0.3 is 5.97 Å². The Hall–Kier alpha value is -4.30. The summed E-state index contributed by atoms with van der Waals surface area (Å²) in [5.74, 6) is 0.747. The number of halogens is 1. The summed E-state index contributed by atoms with van der Waals surface area (Å²) in [6.07, 6.45) is 3.73. The zero-order valence-corrected chi connectivity index (χ0v) is 22.4. The second-order valence-electron chi connectivity index (χ2n) is 8.99. The molecule has 8 heteroatoms. The van der Waals surface area contributed by atoms with E-state index in [1.165, 1.54) is 0 Å². The van der Waals surface area contributed by atoms with Gasteiger partial charge in [0.05, 0.1) is 12.7 Å². The summed E-state index contributed by atoms with van der Waals surface area (Å²) in [5.41, 5.74) is 3.55. The maximum atomic E-state index is 13.3. The summed E-state index contributed by atoms with van der Waals surface area (Å²) in [6, 6.07) is 16.1. The van der Waals surface area contributed by atoms with Gasteiger partial charge in [-0.15, -0.1) is 0 Å². The Kier molecular flexibility index (Phi) is 5.84. The number of ketones is 1. The zero-order chi connectivity index (χ0) is 26.6. The van der Waals surface area contributed by atoms with Crippen LogP contribution in [0.25, 0.3) is 27.9 Å². The number of fused-ring (bicyclic) bond motifs is 3. The molecular formula is C30H22BrNO6. The van der Waals surface area contributed by atoms with Crippen LogP contribution in [-0.4, -0.2) is 23.4 Å². The summed E-state index contributed by atoms with van der Waals surface area (Å²) in [6.45, 7) is 4.62. The van der Waals surface area contributed by atoms with Crippen molar-refractivity contribution >= 4 is 55.6 Å². The van der Waals surface area contributed by atoms with Gasteiger partial charge in [0.25, 0.3) is 0 Å². The molecule has 0 bridgehead atoms. The minimum atomic E-state index is -0.641. The Morgan fingerprint density at radius 2 is 1.92 bits per heavy atom. The summed E-state index contributed by atoms with van der Waals surface area (Å²) >= 11 is 3.41. The van der Waals surface area contributed by atoms with Crippen LogP contribution in [0.4, 0.5) is 0 Å². The van der Waals surface area contributed by atoms with Crippen LogP contribution >= 0.6 is 15.9 Å². The first-order valence-electron chi connectivity index (χ1n) is 12.0. The van der Waals surface area contributed by atoms with Gasteiger partial charge in [0, 0.05) is 45.1 Å². The highest BCUT2D eigenvalue weighted by Gasteiger charge is 2.31. The van der Waals surface area contributed by atoms with E-state index in [-0.39, 0.29) is 23.1 Å². The fourth-order valence-electron chi connectivity index (χ4n) is 4.76. The van der Waals surface area contributed by atoms with Crippen LogP contribution in [0, 0.1) is 6.92 Å². The third-order valence-corrected chi connectivity index (χ3v) is 7.07. The normalized spacial score (nSPS) is 13.8. The van der Waals surface area contributed by atoms with Crippen LogP contribution in [0.1, 0.15) is 39.0 Å². The number of rotatable bonds is 5. The predicted octanol–water partition coefficient (Wildman–Crippen LogP) is 7.32. The molecule has 0 amide bonds. The van der Waals surface area contributed by atoms with Crippen LogP contribution in [-0.2, 0) is 6.54 Å². The Labute approximate surface area is 226 Å². The standard InChI is InChI=1S/C30H22BrNO6/c1-4-32-15-18(22-13-20(35-3)6-7-23(22)32)12-26-29(33)28-16(2)9-21(14-25(28)38-26)36-30(34)27-11-17-10-19(31)5-8-24(17)37-27/h5-15H,4H2,1-3H3/b26-12-. The number of benzene rings is 3. The number of allylic oxidation sites excluding steroid dienone is 1. The fourth-order valence-corrected chi connectivity index (χ4v) is 5.14. The molecule has 6 rings (SSSR count). The Morgan fingerprint density at radius 3 is 2.71 bits per heavy atom. The van der Waals surface area contributed by atoms with E-state index in [1.54, 1.807) is 44.4 Å². The lowest BCUT2D eigenvalue weighted by Crippen LogP contribution is -2.07. The van der Waals surface area contributed by atoms with E-state index >= 15 is 0 Å². The van der Waals surface area contributed by atoms with Gasteiger partial charge in [-0.05, 0) is 74.0 Å². The Morgan fingerprint density at radius 1 is 1.08 bits per heavy atom. The number of Topliss-reactive ketones (excluding diaryl/α,β-unsaturated/α-hetero) is 1. The minimum Gasteiger partial charge on any atom is -0.497 e. The number of esters is 1. The van der Waals surface area contributed by atoms with Crippen LogP contribution in [0.15, 0.2) is 75.4 Å². The molecule has 0 unspecified atom stereocenters. The second kappa shape index (κ2) is 9.22.